The van der Waals surface area contributed by atoms with Crippen LogP contribution in [0, 0.1) is 11.6 Å². The van der Waals surface area contributed by atoms with Gasteiger partial charge in [0, 0.05) is 27.2 Å². The topological polar surface area (TPSA) is 21.3 Å². The molecule has 0 aliphatic heterocycles. The lowest BCUT2D eigenvalue weighted by Crippen LogP contribution is -2.21. The Morgan fingerprint density at radius 2 is 1.81 bits per heavy atom. The van der Waals surface area contributed by atoms with Gasteiger partial charge in [0.1, 0.15) is 17.4 Å². The minimum absolute atomic E-state index is 0.0682. The maximum atomic E-state index is 14.2. The molecule has 1 atom stereocenters. The molecule has 0 spiro atoms. The highest BCUT2D eigenvalue weighted by Gasteiger charge is 2.23. The van der Waals surface area contributed by atoms with Crippen molar-refractivity contribution in [3.63, 3.8) is 0 Å². The summed E-state index contributed by atoms with van der Waals surface area (Å²) in [7, 11) is 2.99. The van der Waals surface area contributed by atoms with Gasteiger partial charge in [0.05, 0.1) is 13.2 Å². The van der Waals surface area contributed by atoms with Gasteiger partial charge in [-0.15, -0.1) is 0 Å². The average molecular weight is 377 g/mol. The quantitative estimate of drug-likeness (QED) is 0.835. The summed E-state index contributed by atoms with van der Waals surface area (Å²) in [5.41, 5.74) is 0.617. The summed E-state index contributed by atoms with van der Waals surface area (Å²) < 4.78 is 34.0. The Labute approximate surface area is 135 Å². The largest absolute Gasteiger partial charge is 0.497 e. The summed E-state index contributed by atoms with van der Waals surface area (Å²) in [4.78, 5) is 0. The maximum absolute atomic E-state index is 14.2. The standard InChI is InChI=1S/C15H13BrClF2NO/c1-20-15(10-4-3-8(17)5-11(10)16)14-12(18)6-9(21-2)7-13(14)19/h3-7,15,20H,1-2H3. The number of ether oxygens (including phenoxy) is 1. The summed E-state index contributed by atoms with van der Waals surface area (Å²) in [6.07, 6.45) is 0. The lowest BCUT2D eigenvalue weighted by Gasteiger charge is -2.20. The Hall–Kier alpha value is -1.17. The van der Waals surface area contributed by atoms with Crippen molar-refractivity contribution < 1.29 is 13.5 Å². The molecular formula is C15H13BrClF2NO. The zero-order valence-corrected chi connectivity index (χ0v) is 13.7. The molecule has 0 radical (unpaired) electrons. The molecule has 112 valence electrons. The summed E-state index contributed by atoms with van der Waals surface area (Å²) in [5.74, 6) is -1.21. The molecule has 0 fully saturated rings. The molecule has 0 saturated heterocycles. The number of nitrogens with one attached hydrogen (secondary N) is 1. The van der Waals surface area contributed by atoms with E-state index in [9.17, 15) is 8.78 Å². The van der Waals surface area contributed by atoms with Crippen molar-refractivity contribution >= 4 is 27.5 Å². The second kappa shape index (κ2) is 6.73. The van der Waals surface area contributed by atoms with Crippen LogP contribution in [-0.2, 0) is 0 Å². The molecule has 6 heteroatoms. The highest BCUT2D eigenvalue weighted by atomic mass is 79.9. The van der Waals surface area contributed by atoms with Gasteiger partial charge in [-0.25, -0.2) is 8.78 Å². The molecule has 1 unspecified atom stereocenters. The zero-order valence-electron chi connectivity index (χ0n) is 11.4. The fourth-order valence-electron chi connectivity index (χ4n) is 2.15. The molecule has 1 N–H and O–H groups in total. The van der Waals surface area contributed by atoms with Crippen LogP contribution in [0.15, 0.2) is 34.8 Å². The van der Waals surface area contributed by atoms with Crippen LogP contribution in [0.2, 0.25) is 5.02 Å². The average Bonchev–Trinajstić information content (AvgIpc) is 2.43. The molecule has 2 rings (SSSR count). The molecule has 0 saturated carbocycles. The number of halogens is 4. The van der Waals surface area contributed by atoms with Crippen LogP contribution in [0.1, 0.15) is 17.2 Å². The fourth-order valence-corrected chi connectivity index (χ4v) is 3.06. The van der Waals surface area contributed by atoms with Crippen molar-refractivity contribution in [1.82, 2.24) is 5.32 Å². The van der Waals surface area contributed by atoms with Gasteiger partial charge >= 0.3 is 0 Å². The minimum atomic E-state index is -0.673. The van der Waals surface area contributed by atoms with Gasteiger partial charge in [-0.05, 0) is 24.7 Å². The lowest BCUT2D eigenvalue weighted by molar-refractivity contribution is 0.403. The summed E-state index contributed by atoms with van der Waals surface area (Å²) in [5, 5.41) is 3.46. The Morgan fingerprint density at radius 1 is 1.19 bits per heavy atom. The second-order valence-electron chi connectivity index (χ2n) is 4.39. The van der Waals surface area contributed by atoms with E-state index in [2.05, 4.69) is 21.2 Å². The maximum Gasteiger partial charge on any atom is 0.134 e. The van der Waals surface area contributed by atoms with E-state index >= 15 is 0 Å². The second-order valence-corrected chi connectivity index (χ2v) is 5.68. The van der Waals surface area contributed by atoms with Crippen molar-refractivity contribution in [3.8, 4) is 5.75 Å². The van der Waals surface area contributed by atoms with E-state index < -0.39 is 17.7 Å². The van der Waals surface area contributed by atoms with E-state index in [0.29, 0.717) is 15.1 Å². The zero-order chi connectivity index (χ0) is 15.6. The van der Waals surface area contributed by atoms with Crippen LogP contribution < -0.4 is 10.1 Å². The van der Waals surface area contributed by atoms with E-state index in [1.165, 1.54) is 7.11 Å². The van der Waals surface area contributed by atoms with Crippen molar-refractivity contribution in [1.29, 1.82) is 0 Å². The molecule has 0 bridgehead atoms. The Kier molecular flexibility index (Phi) is 5.19. The molecule has 0 aliphatic rings. The van der Waals surface area contributed by atoms with Gasteiger partial charge in [-0.3, -0.25) is 0 Å². The Morgan fingerprint density at radius 3 is 2.29 bits per heavy atom. The van der Waals surface area contributed by atoms with E-state index in [4.69, 9.17) is 16.3 Å². The summed E-state index contributed by atoms with van der Waals surface area (Å²) in [6, 6.07) is 6.74. The van der Waals surface area contributed by atoms with Gasteiger partial charge in [0.2, 0.25) is 0 Å². The van der Waals surface area contributed by atoms with Crippen LogP contribution in [0.5, 0.6) is 5.75 Å². The number of hydrogen-bond acceptors (Lipinski definition) is 2. The van der Waals surface area contributed by atoms with Crippen molar-refractivity contribution in [2.45, 2.75) is 6.04 Å². The minimum Gasteiger partial charge on any atom is -0.497 e. The predicted molar refractivity (Wildman–Crippen MR) is 83.0 cm³/mol. The van der Waals surface area contributed by atoms with Crippen LogP contribution in [-0.4, -0.2) is 14.2 Å². The number of methoxy groups -OCH3 is 1. The molecule has 0 heterocycles. The summed E-state index contributed by atoms with van der Waals surface area (Å²) >= 11 is 9.27. The monoisotopic (exact) mass is 375 g/mol. The van der Waals surface area contributed by atoms with Gasteiger partial charge in [0.15, 0.2) is 0 Å². The van der Waals surface area contributed by atoms with E-state index in [1.54, 1.807) is 25.2 Å². The van der Waals surface area contributed by atoms with Crippen molar-refractivity contribution in [2.24, 2.45) is 0 Å². The fraction of sp³-hybridized carbons (Fsp3) is 0.200. The summed E-state index contributed by atoms with van der Waals surface area (Å²) in [6.45, 7) is 0. The van der Waals surface area contributed by atoms with Crippen LogP contribution in [0.4, 0.5) is 8.78 Å². The molecule has 21 heavy (non-hydrogen) atoms. The van der Waals surface area contributed by atoms with Gasteiger partial charge < -0.3 is 10.1 Å². The Balaban J connectivity index is 2.56. The molecular weight excluding hydrogens is 364 g/mol. The van der Waals surface area contributed by atoms with Gasteiger partial charge in [-0.1, -0.05) is 33.6 Å². The normalized spacial score (nSPS) is 12.3. The smallest absolute Gasteiger partial charge is 0.134 e. The molecule has 0 aromatic heterocycles. The van der Waals surface area contributed by atoms with E-state index in [0.717, 1.165) is 12.1 Å². The van der Waals surface area contributed by atoms with Gasteiger partial charge in [0.25, 0.3) is 0 Å². The molecule has 0 amide bonds. The third kappa shape index (κ3) is 3.36. The molecule has 2 nitrogen and oxygen atoms in total. The Bertz CT molecular complexity index is 643. The molecule has 2 aromatic carbocycles. The predicted octanol–water partition coefficient (Wildman–Crippen LogP) is 4.70. The number of rotatable bonds is 4. The van der Waals surface area contributed by atoms with Crippen molar-refractivity contribution in [3.05, 3.63) is 62.6 Å². The first kappa shape index (κ1) is 16.2. The highest BCUT2D eigenvalue weighted by molar-refractivity contribution is 9.10. The first-order valence-electron chi connectivity index (χ1n) is 6.13. The van der Waals surface area contributed by atoms with Gasteiger partial charge in [-0.2, -0.15) is 0 Å². The SMILES string of the molecule is CNC(c1ccc(Cl)cc1Br)c1c(F)cc(OC)cc1F. The van der Waals surface area contributed by atoms with Crippen molar-refractivity contribution in [2.75, 3.05) is 14.2 Å². The number of hydrogen-bond donors (Lipinski definition) is 1. The first-order chi connectivity index (χ1) is 9.97. The van der Waals surface area contributed by atoms with Crippen LogP contribution >= 0.6 is 27.5 Å². The highest BCUT2D eigenvalue weighted by Crippen LogP contribution is 2.34. The lowest BCUT2D eigenvalue weighted by atomic mass is 9.97. The van der Waals surface area contributed by atoms with E-state index in [1.807, 2.05) is 0 Å². The van der Waals surface area contributed by atoms with E-state index in [-0.39, 0.29) is 11.3 Å². The third-order valence-corrected chi connectivity index (χ3v) is 4.06. The third-order valence-electron chi connectivity index (χ3n) is 3.14. The van der Waals surface area contributed by atoms with Crippen LogP contribution in [0.25, 0.3) is 0 Å². The van der Waals surface area contributed by atoms with Crippen LogP contribution in [0.3, 0.4) is 0 Å². The first-order valence-corrected chi connectivity index (χ1v) is 7.30. The molecule has 0 aliphatic carbocycles. The number of benzene rings is 2. The molecule has 2 aromatic rings.